The Labute approximate surface area is 139 Å². The van der Waals surface area contributed by atoms with Crippen molar-refractivity contribution < 1.29 is 14.3 Å². The lowest BCUT2D eigenvalue weighted by molar-refractivity contribution is -0.131. The van der Waals surface area contributed by atoms with Gasteiger partial charge in [0.25, 0.3) is 0 Å². The Bertz CT molecular complexity index is 499. The van der Waals surface area contributed by atoms with Crippen LogP contribution in [0.15, 0.2) is 18.2 Å². The lowest BCUT2D eigenvalue weighted by Crippen LogP contribution is -2.46. The van der Waals surface area contributed by atoms with E-state index >= 15 is 0 Å². The molecule has 1 saturated heterocycles. The summed E-state index contributed by atoms with van der Waals surface area (Å²) in [5, 5.41) is 3.26. The van der Waals surface area contributed by atoms with Gasteiger partial charge in [0.05, 0.1) is 13.2 Å². The Balaban J connectivity index is 1.93. The second-order valence-corrected chi connectivity index (χ2v) is 5.69. The number of carbonyl (C=O) groups excluding carboxylic acids is 1. The molecule has 128 valence electrons. The van der Waals surface area contributed by atoms with E-state index in [9.17, 15) is 4.79 Å². The molecule has 0 radical (unpaired) electrons. The first kappa shape index (κ1) is 17.6. The van der Waals surface area contributed by atoms with Crippen molar-refractivity contribution in [2.75, 3.05) is 39.4 Å². The van der Waals surface area contributed by atoms with E-state index in [1.54, 1.807) is 0 Å². The van der Waals surface area contributed by atoms with E-state index in [0.29, 0.717) is 19.6 Å². The Hall–Kier alpha value is -1.75. The van der Waals surface area contributed by atoms with Crippen LogP contribution in [0.2, 0.25) is 0 Å². The summed E-state index contributed by atoms with van der Waals surface area (Å²) in [6.07, 6.45) is 2.24. The highest BCUT2D eigenvalue weighted by molar-refractivity contribution is 5.76. The van der Waals surface area contributed by atoms with E-state index in [1.165, 1.54) is 0 Å². The molecular formula is C18H28N2O3. The van der Waals surface area contributed by atoms with Gasteiger partial charge in [-0.25, -0.2) is 0 Å². The molecule has 5 nitrogen and oxygen atoms in total. The zero-order valence-electron chi connectivity index (χ0n) is 14.3. The van der Waals surface area contributed by atoms with E-state index in [0.717, 1.165) is 56.1 Å². The average molecular weight is 320 g/mol. The van der Waals surface area contributed by atoms with Gasteiger partial charge in [-0.3, -0.25) is 4.79 Å². The molecule has 1 fully saturated rings. The number of rotatable bonds is 8. The number of aryl methyl sites for hydroxylation is 1. The molecule has 2 rings (SSSR count). The highest BCUT2D eigenvalue weighted by Crippen LogP contribution is 2.29. The summed E-state index contributed by atoms with van der Waals surface area (Å²) in [7, 11) is 0. The third-order valence-corrected chi connectivity index (χ3v) is 3.87. The van der Waals surface area contributed by atoms with Gasteiger partial charge >= 0.3 is 0 Å². The predicted octanol–water partition coefficient (Wildman–Crippen LogP) is 2.24. The van der Waals surface area contributed by atoms with E-state index in [1.807, 2.05) is 30.0 Å². The third kappa shape index (κ3) is 5.43. The van der Waals surface area contributed by atoms with Crippen molar-refractivity contribution >= 4 is 5.91 Å². The molecule has 0 spiro atoms. The number of nitrogens with one attached hydrogen (secondary N) is 1. The molecule has 1 N–H and O–H groups in total. The smallest absolute Gasteiger partial charge is 0.222 e. The summed E-state index contributed by atoms with van der Waals surface area (Å²) >= 11 is 0. The number of hydrogen-bond acceptors (Lipinski definition) is 4. The topological polar surface area (TPSA) is 50.8 Å². The van der Waals surface area contributed by atoms with Crippen LogP contribution in [0.1, 0.15) is 32.3 Å². The minimum Gasteiger partial charge on any atom is -0.490 e. The Morgan fingerprint density at radius 3 is 2.65 bits per heavy atom. The lowest BCUT2D eigenvalue weighted by atomic mass is 10.1. The summed E-state index contributed by atoms with van der Waals surface area (Å²) in [6.45, 7) is 8.74. The number of carbonyl (C=O) groups is 1. The fourth-order valence-electron chi connectivity index (χ4n) is 2.63. The molecule has 5 heteroatoms. The van der Waals surface area contributed by atoms with Gasteiger partial charge in [-0.2, -0.15) is 0 Å². The standard InChI is InChI=1S/C18H28N2O3/c1-3-13-23-16-7-5-15(14-17(16)22-4-2)6-8-18(21)20-11-9-19-10-12-20/h5,7,14,19H,3-4,6,8-13H2,1-2H3. The van der Waals surface area contributed by atoms with Gasteiger partial charge in [0.1, 0.15) is 0 Å². The maximum Gasteiger partial charge on any atom is 0.222 e. The number of benzene rings is 1. The molecule has 0 unspecified atom stereocenters. The van der Waals surface area contributed by atoms with E-state index < -0.39 is 0 Å². The van der Waals surface area contributed by atoms with Crippen LogP contribution in [0.25, 0.3) is 0 Å². The van der Waals surface area contributed by atoms with Crippen LogP contribution in [0.4, 0.5) is 0 Å². The van der Waals surface area contributed by atoms with Gasteiger partial charge in [0.15, 0.2) is 11.5 Å². The summed E-state index contributed by atoms with van der Waals surface area (Å²) in [5.41, 5.74) is 1.11. The highest BCUT2D eigenvalue weighted by Gasteiger charge is 2.16. The Morgan fingerprint density at radius 1 is 1.17 bits per heavy atom. The molecule has 0 atom stereocenters. The molecule has 23 heavy (non-hydrogen) atoms. The molecule has 1 aliphatic heterocycles. The minimum absolute atomic E-state index is 0.232. The quantitative estimate of drug-likeness (QED) is 0.798. The van der Waals surface area contributed by atoms with Crippen molar-refractivity contribution in [2.24, 2.45) is 0 Å². The number of hydrogen-bond donors (Lipinski definition) is 1. The number of nitrogens with zero attached hydrogens (tertiary/aromatic N) is 1. The molecule has 0 bridgehead atoms. The molecule has 1 aliphatic rings. The Kier molecular flexibility index (Phi) is 7.20. The number of ether oxygens (including phenoxy) is 2. The molecule has 1 heterocycles. The van der Waals surface area contributed by atoms with E-state index in [2.05, 4.69) is 12.2 Å². The van der Waals surface area contributed by atoms with Crippen molar-refractivity contribution in [1.29, 1.82) is 0 Å². The molecule has 0 saturated carbocycles. The first-order valence-electron chi connectivity index (χ1n) is 8.61. The fourth-order valence-corrected chi connectivity index (χ4v) is 2.63. The first-order chi connectivity index (χ1) is 11.2. The monoisotopic (exact) mass is 320 g/mol. The van der Waals surface area contributed by atoms with Gasteiger partial charge in [0.2, 0.25) is 5.91 Å². The second kappa shape index (κ2) is 9.40. The molecule has 1 aromatic rings. The summed E-state index contributed by atoms with van der Waals surface area (Å²) in [6, 6.07) is 5.98. The lowest BCUT2D eigenvalue weighted by Gasteiger charge is -2.27. The third-order valence-electron chi connectivity index (χ3n) is 3.87. The molecule has 0 aromatic heterocycles. The normalized spacial score (nSPS) is 14.6. The van der Waals surface area contributed by atoms with Crippen molar-refractivity contribution in [3.8, 4) is 11.5 Å². The SMILES string of the molecule is CCCOc1ccc(CCC(=O)N2CCNCC2)cc1OCC. The van der Waals surface area contributed by atoms with Gasteiger partial charge in [0, 0.05) is 32.6 Å². The van der Waals surface area contributed by atoms with Crippen molar-refractivity contribution in [3.63, 3.8) is 0 Å². The van der Waals surface area contributed by atoms with Crippen LogP contribution >= 0.6 is 0 Å². The molecule has 1 aromatic carbocycles. The molecular weight excluding hydrogens is 292 g/mol. The average Bonchev–Trinajstić information content (AvgIpc) is 2.60. The van der Waals surface area contributed by atoms with Crippen molar-refractivity contribution in [1.82, 2.24) is 10.2 Å². The molecule has 1 amide bonds. The summed E-state index contributed by atoms with van der Waals surface area (Å²) in [5.74, 6) is 1.79. The largest absolute Gasteiger partial charge is 0.490 e. The zero-order chi connectivity index (χ0) is 16.5. The van der Waals surface area contributed by atoms with Crippen molar-refractivity contribution in [3.05, 3.63) is 23.8 Å². The second-order valence-electron chi connectivity index (χ2n) is 5.69. The van der Waals surface area contributed by atoms with Gasteiger partial charge in [-0.15, -0.1) is 0 Å². The van der Waals surface area contributed by atoms with Crippen LogP contribution in [-0.2, 0) is 11.2 Å². The van der Waals surface area contributed by atoms with E-state index in [-0.39, 0.29) is 5.91 Å². The van der Waals surface area contributed by atoms with Crippen molar-refractivity contribution in [2.45, 2.75) is 33.1 Å². The highest BCUT2D eigenvalue weighted by atomic mass is 16.5. The summed E-state index contributed by atoms with van der Waals surface area (Å²) in [4.78, 5) is 14.2. The first-order valence-corrected chi connectivity index (χ1v) is 8.61. The van der Waals surface area contributed by atoms with E-state index in [4.69, 9.17) is 9.47 Å². The maximum atomic E-state index is 12.2. The summed E-state index contributed by atoms with van der Waals surface area (Å²) < 4.78 is 11.4. The fraction of sp³-hybridized carbons (Fsp3) is 0.611. The number of amides is 1. The Morgan fingerprint density at radius 2 is 1.96 bits per heavy atom. The van der Waals surface area contributed by atoms with Crippen LogP contribution in [-0.4, -0.2) is 50.2 Å². The van der Waals surface area contributed by atoms with Crippen LogP contribution < -0.4 is 14.8 Å². The maximum absolute atomic E-state index is 12.2. The van der Waals surface area contributed by atoms with Gasteiger partial charge < -0.3 is 19.7 Å². The minimum atomic E-state index is 0.232. The van der Waals surface area contributed by atoms with Gasteiger partial charge in [-0.05, 0) is 37.5 Å². The molecule has 0 aliphatic carbocycles. The van der Waals surface area contributed by atoms with Gasteiger partial charge in [-0.1, -0.05) is 13.0 Å². The van der Waals surface area contributed by atoms with Crippen LogP contribution in [0.5, 0.6) is 11.5 Å². The number of piperazine rings is 1. The van der Waals surface area contributed by atoms with Crippen LogP contribution in [0.3, 0.4) is 0 Å². The van der Waals surface area contributed by atoms with Crippen LogP contribution in [0, 0.1) is 0 Å². The zero-order valence-corrected chi connectivity index (χ0v) is 14.3. The predicted molar refractivity (Wildman–Crippen MR) is 91.2 cm³/mol.